The molecule has 0 aliphatic carbocycles. The highest BCUT2D eigenvalue weighted by Crippen LogP contribution is 2.34. The van der Waals surface area contributed by atoms with Gasteiger partial charge < -0.3 is 5.32 Å². The lowest BCUT2D eigenvalue weighted by molar-refractivity contribution is -0.00707. The molecule has 0 fully saturated rings. The Hall–Kier alpha value is -2.02. The van der Waals surface area contributed by atoms with Gasteiger partial charge in [-0.15, -0.1) is 11.8 Å². The van der Waals surface area contributed by atoms with Gasteiger partial charge in [0.05, 0.1) is 5.56 Å². The highest BCUT2D eigenvalue weighted by Gasteiger charge is 2.31. The van der Waals surface area contributed by atoms with Crippen LogP contribution in [0.15, 0.2) is 47.6 Å². The van der Waals surface area contributed by atoms with E-state index in [-0.39, 0.29) is 22.6 Å². The maximum Gasteiger partial charge on any atom is 0.274 e. The third-order valence-electron chi connectivity index (χ3n) is 4.10. The Labute approximate surface area is 168 Å². The van der Waals surface area contributed by atoms with E-state index in [2.05, 4.69) is 31.1 Å². The number of alkyl halides is 2. The first-order valence-corrected chi connectivity index (χ1v) is 10.1. The molecule has 0 bridgehead atoms. The number of carbonyl (C=O) groups excluding carboxylic acids is 1. The van der Waals surface area contributed by atoms with Gasteiger partial charge in [-0.3, -0.25) is 4.79 Å². The van der Waals surface area contributed by atoms with Crippen molar-refractivity contribution in [1.29, 1.82) is 0 Å². The fourth-order valence-corrected chi connectivity index (χ4v) is 3.44. The van der Waals surface area contributed by atoms with Gasteiger partial charge in [0.1, 0.15) is 10.8 Å². The fourth-order valence-electron chi connectivity index (χ4n) is 2.44. The van der Waals surface area contributed by atoms with Crippen LogP contribution in [0, 0.1) is 11.2 Å². The van der Waals surface area contributed by atoms with Crippen LogP contribution in [-0.2, 0) is 5.92 Å². The zero-order valence-electron chi connectivity index (χ0n) is 16.3. The Balaban J connectivity index is 1.95. The van der Waals surface area contributed by atoms with E-state index in [0.717, 1.165) is 42.4 Å². The first kappa shape index (κ1) is 22.3. The second kappa shape index (κ2) is 9.45. The van der Waals surface area contributed by atoms with Crippen LogP contribution < -0.4 is 5.32 Å². The van der Waals surface area contributed by atoms with Gasteiger partial charge in [0.25, 0.3) is 11.8 Å². The molecule has 3 nitrogen and oxygen atoms in total. The number of hydrogen-bond acceptors (Lipinski definition) is 3. The van der Waals surface area contributed by atoms with Crippen molar-refractivity contribution < 1.29 is 18.0 Å². The minimum Gasteiger partial charge on any atom is -0.352 e. The maximum absolute atomic E-state index is 14.3. The highest BCUT2D eigenvalue weighted by atomic mass is 32.2. The molecule has 0 radical (unpaired) electrons. The Morgan fingerprint density at radius 1 is 1.11 bits per heavy atom. The van der Waals surface area contributed by atoms with Gasteiger partial charge in [0, 0.05) is 30.5 Å². The van der Waals surface area contributed by atoms with E-state index >= 15 is 0 Å². The Bertz CT molecular complexity index is 789. The van der Waals surface area contributed by atoms with Crippen LogP contribution in [0.5, 0.6) is 0 Å². The van der Waals surface area contributed by atoms with Crippen molar-refractivity contribution in [3.05, 3.63) is 59.5 Å². The first-order chi connectivity index (χ1) is 13.1. The predicted molar refractivity (Wildman–Crippen MR) is 106 cm³/mol. The van der Waals surface area contributed by atoms with Gasteiger partial charge >= 0.3 is 0 Å². The van der Waals surface area contributed by atoms with Crippen molar-refractivity contribution in [2.45, 2.75) is 44.6 Å². The van der Waals surface area contributed by atoms with Crippen LogP contribution in [0.2, 0.25) is 0 Å². The van der Waals surface area contributed by atoms with Crippen molar-refractivity contribution in [2.24, 2.45) is 5.41 Å². The predicted octanol–water partition coefficient (Wildman–Crippen LogP) is 5.66. The fraction of sp³-hybridized carbons (Fsp3) is 0.429. The number of thioether (sulfide) groups is 1. The van der Waals surface area contributed by atoms with Crippen LogP contribution >= 0.6 is 11.8 Å². The number of rotatable bonds is 8. The molecular formula is C21H25F3N2OS. The number of benzene rings is 1. The highest BCUT2D eigenvalue weighted by molar-refractivity contribution is 7.99. The zero-order chi connectivity index (χ0) is 20.8. The molecule has 0 saturated carbocycles. The molecule has 0 saturated heterocycles. The molecule has 0 aliphatic rings. The third kappa shape index (κ3) is 6.86. The molecule has 7 heteroatoms. The van der Waals surface area contributed by atoms with Gasteiger partial charge in [-0.25, -0.2) is 18.2 Å². The molecule has 28 heavy (non-hydrogen) atoms. The number of nitrogens with one attached hydrogen (secondary N) is 1. The lowest BCUT2D eigenvalue weighted by Gasteiger charge is -2.18. The van der Waals surface area contributed by atoms with Crippen LogP contribution in [0.4, 0.5) is 13.2 Å². The van der Waals surface area contributed by atoms with E-state index < -0.39 is 18.2 Å². The van der Waals surface area contributed by atoms with E-state index in [4.69, 9.17) is 0 Å². The topological polar surface area (TPSA) is 42.0 Å². The molecule has 2 aromatic rings. The summed E-state index contributed by atoms with van der Waals surface area (Å²) in [5.41, 5.74) is 0.258. The molecule has 0 atom stereocenters. The molecule has 0 spiro atoms. The third-order valence-corrected chi connectivity index (χ3v) is 5.10. The van der Waals surface area contributed by atoms with E-state index in [1.165, 1.54) is 6.20 Å². The van der Waals surface area contributed by atoms with Crippen molar-refractivity contribution in [2.75, 3.05) is 12.3 Å². The van der Waals surface area contributed by atoms with Gasteiger partial charge in [0.15, 0.2) is 0 Å². The molecule has 1 heterocycles. The monoisotopic (exact) mass is 410 g/mol. The molecule has 1 aromatic carbocycles. The Morgan fingerprint density at radius 3 is 2.43 bits per heavy atom. The molecular weight excluding hydrogens is 385 g/mol. The SMILES string of the molecule is CC(C)(C)CCNC(=O)c1cccnc1SCCC(F)(F)c1ccc(F)cc1. The smallest absolute Gasteiger partial charge is 0.274 e. The normalized spacial score (nSPS) is 12.1. The number of carbonyl (C=O) groups is 1. The second-order valence-corrected chi connectivity index (χ2v) is 8.82. The molecule has 1 amide bonds. The van der Waals surface area contributed by atoms with Crippen molar-refractivity contribution in [3.8, 4) is 0 Å². The van der Waals surface area contributed by atoms with Gasteiger partial charge in [-0.05, 0) is 36.1 Å². The van der Waals surface area contributed by atoms with Gasteiger partial charge in [-0.1, -0.05) is 32.9 Å². The molecule has 2 rings (SSSR count). The molecule has 1 aromatic heterocycles. The Morgan fingerprint density at radius 2 is 1.79 bits per heavy atom. The average molecular weight is 411 g/mol. The summed E-state index contributed by atoms with van der Waals surface area (Å²) >= 11 is 1.11. The standard InChI is InChI=1S/C21H25F3N2OS/c1-20(2,3)10-13-25-18(27)17-5-4-12-26-19(17)28-14-11-21(23,24)15-6-8-16(22)9-7-15/h4-9,12H,10-11,13-14H2,1-3H3,(H,25,27). The summed E-state index contributed by atoms with van der Waals surface area (Å²) < 4.78 is 41.5. The Kier molecular flexibility index (Phi) is 7.52. The first-order valence-electron chi connectivity index (χ1n) is 9.08. The zero-order valence-corrected chi connectivity index (χ0v) is 17.1. The number of aromatic nitrogens is 1. The number of pyridine rings is 1. The van der Waals surface area contributed by atoms with Crippen molar-refractivity contribution in [1.82, 2.24) is 10.3 Å². The largest absolute Gasteiger partial charge is 0.352 e. The van der Waals surface area contributed by atoms with Crippen molar-refractivity contribution >= 4 is 17.7 Å². The number of hydrogen-bond donors (Lipinski definition) is 1. The summed E-state index contributed by atoms with van der Waals surface area (Å²) in [5.74, 6) is -3.82. The molecule has 1 N–H and O–H groups in total. The summed E-state index contributed by atoms with van der Waals surface area (Å²) in [7, 11) is 0. The summed E-state index contributed by atoms with van der Waals surface area (Å²) in [4.78, 5) is 16.6. The summed E-state index contributed by atoms with van der Waals surface area (Å²) in [6.07, 6.45) is 1.92. The van der Waals surface area contributed by atoms with E-state index in [1.807, 2.05) is 0 Å². The maximum atomic E-state index is 14.3. The van der Waals surface area contributed by atoms with Crippen molar-refractivity contribution in [3.63, 3.8) is 0 Å². The van der Waals surface area contributed by atoms with Crippen LogP contribution in [-0.4, -0.2) is 23.2 Å². The van der Waals surface area contributed by atoms with E-state index in [0.29, 0.717) is 17.1 Å². The minimum absolute atomic E-state index is 0.0731. The molecule has 0 aliphatic heterocycles. The number of amides is 1. The van der Waals surface area contributed by atoms with Crippen LogP contribution in [0.25, 0.3) is 0 Å². The quantitative estimate of drug-likeness (QED) is 0.571. The van der Waals surface area contributed by atoms with Crippen LogP contribution in [0.3, 0.4) is 0 Å². The van der Waals surface area contributed by atoms with Crippen LogP contribution in [0.1, 0.15) is 49.5 Å². The lowest BCUT2D eigenvalue weighted by Crippen LogP contribution is -2.27. The summed E-state index contributed by atoms with van der Waals surface area (Å²) in [6.45, 7) is 6.80. The molecule has 0 unspecified atom stereocenters. The van der Waals surface area contributed by atoms with Gasteiger partial charge in [0.2, 0.25) is 0 Å². The number of halogens is 3. The van der Waals surface area contributed by atoms with Gasteiger partial charge in [-0.2, -0.15) is 0 Å². The summed E-state index contributed by atoms with van der Waals surface area (Å²) in [5, 5.41) is 3.28. The molecule has 152 valence electrons. The second-order valence-electron chi connectivity index (χ2n) is 7.73. The minimum atomic E-state index is -3.08. The van der Waals surface area contributed by atoms with E-state index in [9.17, 15) is 18.0 Å². The average Bonchev–Trinajstić information content (AvgIpc) is 2.61. The van der Waals surface area contributed by atoms with E-state index in [1.54, 1.807) is 12.1 Å². The lowest BCUT2D eigenvalue weighted by atomic mass is 9.92. The number of nitrogens with zero attached hydrogens (tertiary/aromatic N) is 1. The summed E-state index contributed by atoms with van der Waals surface area (Å²) in [6, 6.07) is 7.52.